The van der Waals surface area contributed by atoms with E-state index in [0.717, 1.165) is 12.1 Å². The first-order valence-electron chi connectivity index (χ1n) is 6.44. The SMILES string of the molecule is Fc1ccc(Br)c(OCCCOc2c(Br)ccc(F)c2F)c1F. The molecule has 0 atom stereocenters. The summed E-state index contributed by atoms with van der Waals surface area (Å²) in [6.45, 7) is 0.0149. The molecule has 0 aromatic heterocycles. The molecule has 0 aliphatic heterocycles. The third kappa shape index (κ3) is 4.38. The van der Waals surface area contributed by atoms with E-state index in [9.17, 15) is 17.6 Å². The van der Waals surface area contributed by atoms with Crippen LogP contribution in [0.25, 0.3) is 0 Å². The Kier molecular flexibility index (Phi) is 6.29. The van der Waals surface area contributed by atoms with Crippen molar-refractivity contribution in [1.29, 1.82) is 0 Å². The van der Waals surface area contributed by atoms with E-state index in [0.29, 0.717) is 0 Å². The molecule has 0 saturated carbocycles. The van der Waals surface area contributed by atoms with Gasteiger partial charge in [0.2, 0.25) is 11.6 Å². The normalized spacial score (nSPS) is 10.7. The van der Waals surface area contributed by atoms with Crippen molar-refractivity contribution in [2.75, 3.05) is 13.2 Å². The van der Waals surface area contributed by atoms with Crippen LogP contribution in [0.4, 0.5) is 17.6 Å². The lowest BCUT2D eigenvalue weighted by Gasteiger charge is -2.11. The lowest BCUT2D eigenvalue weighted by atomic mass is 10.3. The van der Waals surface area contributed by atoms with Crippen molar-refractivity contribution in [1.82, 2.24) is 0 Å². The maximum absolute atomic E-state index is 13.5. The molecule has 0 amide bonds. The van der Waals surface area contributed by atoms with Gasteiger partial charge in [-0.15, -0.1) is 0 Å². The summed E-state index contributed by atoms with van der Waals surface area (Å²) in [5.74, 6) is -4.74. The lowest BCUT2D eigenvalue weighted by Crippen LogP contribution is -2.08. The first kappa shape index (κ1) is 18.1. The standard InChI is InChI=1S/C15H10Br2F4O2/c16-8-2-4-10(18)12(20)14(8)22-6-1-7-23-15-9(17)3-5-11(19)13(15)21/h2-5H,1,6-7H2. The van der Waals surface area contributed by atoms with Crippen LogP contribution in [-0.4, -0.2) is 13.2 Å². The van der Waals surface area contributed by atoms with Crippen LogP contribution in [0.1, 0.15) is 6.42 Å². The molecule has 2 rings (SSSR count). The van der Waals surface area contributed by atoms with E-state index in [1.807, 2.05) is 0 Å². The van der Waals surface area contributed by atoms with Gasteiger partial charge in [0, 0.05) is 6.42 Å². The zero-order chi connectivity index (χ0) is 17.0. The van der Waals surface area contributed by atoms with Crippen molar-refractivity contribution in [2.24, 2.45) is 0 Å². The average Bonchev–Trinajstić information content (AvgIpc) is 2.53. The fourth-order valence-corrected chi connectivity index (χ4v) is 2.53. The molecule has 0 unspecified atom stereocenters. The van der Waals surface area contributed by atoms with Crippen molar-refractivity contribution in [2.45, 2.75) is 6.42 Å². The lowest BCUT2D eigenvalue weighted by molar-refractivity contribution is 0.231. The number of rotatable bonds is 6. The summed E-state index contributed by atoms with van der Waals surface area (Å²) < 4.78 is 64.1. The molecule has 0 saturated heterocycles. The first-order chi connectivity index (χ1) is 10.9. The van der Waals surface area contributed by atoms with Crippen molar-refractivity contribution in [3.63, 3.8) is 0 Å². The van der Waals surface area contributed by atoms with Gasteiger partial charge < -0.3 is 9.47 Å². The van der Waals surface area contributed by atoms with Crippen LogP contribution >= 0.6 is 31.9 Å². The molecule has 8 heteroatoms. The fourth-order valence-electron chi connectivity index (χ4n) is 1.69. The van der Waals surface area contributed by atoms with E-state index in [1.54, 1.807) is 0 Å². The maximum Gasteiger partial charge on any atom is 0.201 e. The second-order valence-corrected chi connectivity index (χ2v) is 6.10. The molecule has 124 valence electrons. The van der Waals surface area contributed by atoms with E-state index in [1.165, 1.54) is 12.1 Å². The topological polar surface area (TPSA) is 18.5 Å². The van der Waals surface area contributed by atoms with Crippen LogP contribution in [0.2, 0.25) is 0 Å². The maximum atomic E-state index is 13.5. The summed E-state index contributed by atoms with van der Waals surface area (Å²) in [5, 5.41) is 0. The predicted octanol–water partition coefficient (Wildman–Crippen LogP) is 5.62. The molecule has 0 aliphatic carbocycles. The van der Waals surface area contributed by atoms with Gasteiger partial charge >= 0.3 is 0 Å². The third-order valence-corrected chi connectivity index (χ3v) is 4.03. The first-order valence-corrected chi connectivity index (χ1v) is 8.03. The molecule has 2 nitrogen and oxygen atoms in total. The molecular formula is C15H10Br2F4O2. The molecule has 0 radical (unpaired) electrons. The monoisotopic (exact) mass is 456 g/mol. The van der Waals surface area contributed by atoms with E-state index in [-0.39, 0.29) is 40.1 Å². The summed E-state index contributed by atoms with van der Waals surface area (Å²) in [6, 6.07) is 4.59. The summed E-state index contributed by atoms with van der Waals surface area (Å²) in [5.41, 5.74) is 0. The Morgan fingerprint density at radius 3 is 1.48 bits per heavy atom. The Morgan fingerprint density at radius 2 is 1.09 bits per heavy atom. The van der Waals surface area contributed by atoms with Crippen LogP contribution in [0.5, 0.6) is 11.5 Å². The molecule has 0 bridgehead atoms. The van der Waals surface area contributed by atoms with Gasteiger partial charge in [-0.25, -0.2) is 8.78 Å². The van der Waals surface area contributed by atoms with Crippen molar-refractivity contribution < 1.29 is 27.0 Å². The van der Waals surface area contributed by atoms with Gasteiger partial charge in [-0.2, -0.15) is 8.78 Å². The van der Waals surface area contributed by atoms with E-state index in [2.05, 4.69) is 31.9 Å². The van der Waals surface area contributed by atoms with Gasteiger partial charge in [0.15, 0.2) is 23.1 Å². The number of hydrogen-bond donors (Lipinski definition) is 0. The van der Waals surface area contributed by atoms with Gasteiger partial charge in [0.1, 0.15) is 0 Å². The second kappa shape index (κ2) is 8.01. The highest BCUT2D eigenvalue weighted by atomic mass is 79.9. The summed E-state index contributed by atoms with van der Waals surface area (Å²) in [7, 11) is 0. The molecule has 0 spiro atoms. The van der Waals surface area contributed by atoms with Gasteiger partial charge in [0.25, 0.3) is 0 Å². The molecule has 0 heterocycles. The van der Waals surface area contributed by atoms with Crippen molar-refractivity contribution in [3.05, 3.63) is 56.5 Å². The van der Waals surface area contributed by atoms with E-state index < -0.39 is 23.3 Å². The molecule has 0 fully saturated rings. The smallest absolute Gasteiger partial charge is 0.201 e. The minimum atomic E-state index is -1.10. The molecule has 2 aromatic rings. The Morgan fingerprint density at radius 1 is 0.696 bits per heavy atom. The van der Waals surface area contributed by atoms with Crippen LogP contribution < -0.4 is 9.47 Å². The van der Waals surface area contributed by atoms with Crippen molar-refractivity contribution >= 4 is 31.9 Å². The zero-order valence-electron chi connectivity index (χ0n) is 11.5. The Balaban J connectivity index is 1.88. The molecule has 2 aromatic carbocycles. The highest BCUT2D eigenvalue weighted by Gasteiger charge is 2.15. The summed E-state index contributed by atoms with van der Waals surface area (Å²) >= 11 is 6.11. The summed E-state index contributed by atoms with van der Waals surface area (Å²) in [4.78, 5) is 0. The van der Waals surface area contributed by atoms with E-state index in [4.69, 9.17) is 9.47 Å². The number of halogens is 6. The molecule has 0 aliphatic rings. The highest BCUT2D eigenvalue weighted by molar-refractivity contribution is 9.10. The predicted molar refractivity (Wildman–Crippen MR) is 83.7 cm³/mol. The van der Waals surface area contributed by atoms with Crippen LogP contribution in [0.3, 0.4) is 0 Å². The Bertz CT molecular complexity index is 651. The molecule has 0 N–H and O–H groups in total. The largest absolute Gasteiger partial charge is 0.489 e. The Hall–Kier alpha value is -1.28. The number of ether oxygens (including phenoxy) is 2. The second-order valence-electron chi connectivity index (χ2n) is 4.40. The van der Waals surface area contributed by atoms with Gasteiger partial charge in [-0.1, -0.05) is 0 Å². The van der Waals surface area contributed by atoms with Gasteiger partial charge in [-0.05, 0) is 56.1 Å². The van der Waals surface area contributed by atoms with Gasteiger partial charge in [0.05, 0.1) is 22.2 Å². The third-order valence-electron chi connectivity index (χ3n) is 2.79. The number of benzene rings is 2. The zero-order valence-corrected chi connectivity index (χ0v) is 14.7. The summed E-state index contributed by atoms with van der Waals surface area (Å²) in [6.07, 6.45) is 0.255. The average molecular weight is 458 g/mol. The molecule has 23 heavy (non-hydrogen) atoms. The van der Waals surface area contributed by atoms with Gasteiger partial charge in [-0.3, -0.25) is 0 Å². The van der Waals surface area contributed by atoms with Crippen LogP contribution in [0, 0.1) is 23.3 Å². The minimum Gasteiger partial charge on any atom is -0.489 e. The van der Waals surface area contributed by atoms with Crippen LogP contribution in [0.15, 0.2) is 33.2 Å². The fraction of sp³-hybridized carbons (Fsp3) is 0.200. The van der Waals surface area contributed by atoms with E-state index >= 15 is 0 Å². The Labute approximate surface area is 146 Å². The van der Waals surface area contributed by atoms with Crippen molar-refractivity contribution in [3.8, 4) is 11.5 Å². The van der Waals surface area contributed by atoms with Crippen LogP contribution in [-0.2, 0) is 0 Å². The highest BCUT2D eigenvalue weighted by Crippen LogP contribution is 2.31. The quantitative estimate of drug-likeness (QED) is 0.318. The minimum absolute atomic E-state index is 0.00747. The molecular weight excluding hydrogens is 448 g/mol. The number of hydrogen-bond acceptors (Lipinski definition) is 2.